The maximum Gasteiger partial charge on any atom is 0.410 e. The van der Waals surface area contributed by atoms with Crippen LogP contribution in [0, 0.1) is 5.92 Å². The molecule has 0 spiro atoms. The minimum absolute atomic E-state index is 0.0968. The van der Waals surface area contributed by atoms with Crippen LogP contribution in [0.15, 0.2) is 30.3 Å². The average molecular weight is 566 g/mol. The highest BCUT2D eigenvalue weighted by molar-refractivity contribution is 6.00. The zero-order valence-electron chi connectivity index (χ0n) is 26.3. The van der Waals surface area contributed by atoms with Crippen LogP contribution in [0.1, 0.15) is 53.9 Å². The van der Waals surface area contributed by atoms with E-state index in [9.17, 15) is 14.4 Å². The molecule has 3 aromatic rings. The van der Waals surface area contributed by atoms with Crippen LogP contribution in [0.2, 0.25) is 0 Å². The van der Waals surface area contributed by atoms with Crippen molar-refractivity contribution in [3.63, 3.8) is 0 Å². The van der Waals surface area contributed by atoms with Crippen LogP contribution in [0.3, 0.4) is 0 Å². The van der Waals surface area contributed by atoms with Crippen LogP contribution in [0.5, 0.6) is 5.75 Å². The molecule has 3 amide bonds. The van der Waals surface area contributed by atoms with Crippen molar-refractivity contribution in [2.45, 2.75) is 52.3 Å². The molecule has 41 heavy (non-hydrogen) atoms. The first-order valence-corrected chi connectivity index (χ1v) is 13.2. The molecule has 1 saturated carbocycles. The van der Waals surface area contributed by atoms with Crippen LogP contribution < -0.4 is 20.7 Å². The highest BCUT2D eigenvalue weighted by atomic mass is 16.6. The Morgan fingerprint density at radius 1 is 1.10 bits per heavy atom. The highest BCUT2D eigenvalue weighted by Gasteiger charge is 2.30. The number of nitrogens with one attached hydrogen (secondary N) is 3. The van der Waals surface area contributed by atoms with Crippen LogP contribution >= 0.6 is 0 Å². The Bertz CT molecular complexity index is 1600. The molecule has 0 radical (unpaired) electrons. The molecular formula is C28H34N8O5. The molecule has 3 N–H and O–H groups in total. The SMILES string of the molecule is [2H]C([2H])([2H])NC(=O)c1nnc(NC(=O)C2CC2)cc1Nc1cccc(-c2cc3n(n2)CCN(C(=O)OC(C)(C)C)C3)c1OC. The quantitative estimate of drug-likeness (QED) is 0.390. The molecule has 1 aliphatic heterocycles. The molecule has 2 aliphatic rings. The monoisotopic (exact) mass is 565 g/mol. The standard InChI is InChI=1S/C28H34N8O5/c1-28(2,3)41-27(39)35-11-12-36-17(15-35)13-20(34-36)18-7-6-8-19(24(18)40-5)30-21-14-22(31-25(37)16-9-10-16)32-33-23(21)26(38)29-4/h6-8,13-14,16H,9-12,15H2,1-5H3,(H,29,38)(H2,30,31,32,37)/i4D3. The topological polar surface area (TPSA) is 153 Å². The van der Waals surface area contributed by atoms with Crippen molar-refractivity contribution in [2.24, 2.45) is 5.92 Å². The molecule has 0 atom stereocenters. The Morgan fingerprint density at radius 2 is 1.90 bits per heavy atom. The summed E-state index contributed by atoms with van der Waals surface area (Å²) in [5.74, 6) is -0.804. The Balaban J connectivity index is 1.45. The van der Waals surface area contributed by atoms with Gasteiger partial charge in [0, 0.05) is 35.2 Å². The number of hydrogen-bond acceptors (Lipinski definition) is 9. The van der Waals surface area contributed by atoms with Crippen molar-refractivity contribution >= 4 is 35.1 Å². The van der Waals surface area contributed by atoms with Crippen molar-refractivity contribution in [2.75, 3.05) is 31.3 Å². The fourth-order valence-corrected chi connectivity index (χ4v) is 4.43. The van der Waals surface area contributed by atoms with E-state index in [0.717, 1.165) is 18.5 Å². The van der Waals surface area contributed by atoms with E-state index < -0.39 is 24.6 Å². The Morgan fingerprint density at radius 3 is 2.61 bits per heavy atom. The summed E-state index contributed by atoms with van der Waals surface area (Å²) in [7, 11) is 1.48. The van der Waals surface area contributed by atoms with E-state index in [-0.39, 0.29) is 29.0 Å². The van der Waals surface area contributed by atoms with Gasteiger partial charge in [0.1, 0.15) is 5.60 Å². The lowest BCUT2D eigenvalue weighted by molar-refractivity contribution is -0.117. The number of methoxy groups -OCH3 is 1. The minimum Gasteiger partial charge on any atom is -0.494 e. The molecule has 13 nitrogen and oxygen atoms in total. The summed E-state index contributed by atoms with van der Waals surface area (Å²) in [5.41, 5.74) is 1.65. The maximum absolute atomic E-state index is 12.8. The molecule has 0 saturated heterocycles. The number of ether oxygens (including phenoxy) is 2. The second-order valence-electron chi connectivity index (χ2n) is 10.9. The van der Waals surface area contributed by atoms with Crippen LogP contribution in [0.4, 0.5) is 22.0 Å². The molecule has 3 heterocycles. The molecule has 0 unspecified atom stereocenters. The summed E-state index contributed by atoms with van der Waals surface area (Å²) >= 11 is 0. The number of nitrogens with zero attached hydrogens (tertiary/aromatic N) is 5. The lowest BCUT2D eigenvalue weighted by Crippen LogP contribution is -2.41. The second kappa shape index (κ2) is 11.1. The third kappa shape index (κ3) is 6.23. The van der Waals surface area contributed by atoms with E-state index in [1.807, 2.05) is 42.9 Å². The average Bonchev–Trinajstić information content (AvgIpc) is 3.70. The summed E-state index contributed by atoms with van der Waals surface area (Å²) in [6.07, 6.45) is 1.17. The van der Waals surface area contributed by atoms with Gasteiger partial charge in [0.2, 0.25) is 5.91 Å². The molecule has 216 valence electrons. The van der Waals surface area contributed by atoms with E-state index in [2.05, 4.69) is 20.8 Å². The summed E-state index contributed by atoms with van der Waals surface area (Å²) in [5, 5.41) is 20.3. The van der Waals surface area contributed by atoms with Gasteiger partial charge in [-0.3, -0.25) is 14.3 Å². The van der Waals surface area contributed by atoms with Gasteiger partial charge < -0.3 is 30.3 Å². The number of amides is 3. The van der Waals surface area contributed by atoms with E-state index in [4.69, 9.17) is 18.7 Å². The third-order valence-corrected chi connectivity index (χ3v) is 6.54. The smallest absolute Gasteiger partial charge is 0.410 e. The largest absolute Gasteiger partial charge is 0.494 e. The number of carbonyl (C=O) groups is 3. The number of fused-ring (bicyclic) bond motifs is 1. The van der Waals surface area contributed by atoms with Gasteiger partial charge in [-0.1, -0.05) is 6.07 Å². The van der Waals surface area contributed by atoms with Gasteiger partial charge in [-0.15, -0.1) is 10.2 Å². The second-order valence-corrected chi connectivity index (χ2v) is 10.9. The zero-order valence-corrected chi connectivity index (χ0v) is 23.3. The summed E-state index contributed by atoms with van der Waals surface area (Å²) in [6.45, 7) is 3.95. The van der Waals surface area contributed by atoms with Crippen molar-refractivity contribution in [3.05, 3.63) is 41.7 Å². The number of hydrogen-bond donors (Lipinski definition) is 3. The Labute approximate surface area is 241 Å². The number of carbonyl (C=O) groups excluding carboxylic acids is 3. The van der Waals surface area contributed by atoms with Gasteiger partial charge in [0.25, 0.3) is 5.91 Å². The van der Waals surface area contributed by atoms with E-state index in [0.29, 0.717) is 42.3 Å². The number of anilines is 3. The number of benzene rings is 1. The Kier molecular flexibility index (Phi) is 6.52. The molecule has 1 aliphatic carbocycles. The van der Waals surface area contributed by atoms with E-state index in [1.165, 1.54) is 13.2 Å². The molecule has 1 fully saturated rings. The number of rotatable bonds is 7. The van der Waals surface area contributed by atoms with Crippen molar-refractivity contribution in [3.8, 4) is 17.0 Å². The van der Waals surface area contributed by atoms with Crippen LogP contribution in [-0.4, -0.2) is 69.0 Å². The lowest BCUT2D eigenvalue weighted by atomic mass is 10.1. The fourth-order valence-electron chi connectivity index (χ4n) is 4.43. The lowest BCUT2D eigenvalue weighted by Gasteiger charge is -2.30. The van der Waals surface area contributed by atoms with Crippen molar-refractivity contribution in [1.29, 1.82) is 0 Å². The summed E-state index contributed by atoms with van der Waals surface area (Å²) in [6, 6.07) is 8.56. The highest BCUT2D eigenvalue weighted by Crippen LogP contribution is 2.39. The summed E-state index contributed by atoms with van der Waals surface area (Å²) in [4.78, 5) is 39.5. The number of aromatic nitrogens is 4. The fraction of sp³-hybridized carbons (Fsp3) is 0.429. The first-order chi connectivity index (χ1) is 20.7. The minimum atomic E-state index is -2.76. The predicted molar refractivity (Wildman–Crippen MR) is 151 cm³/mol. The van der Waals surface area contributed by atoms with Gasteiger partial charge >= 0.3 is 6.09 Å². The number of para-hydroxylation sites is 1. The van der Waals surface area contributed by atoms with Gasteiger partial charge in [-0.05, 0) is 51.8 Å². The van der Waals surface area contributed by atoms with E-state index >= 15 is 0 Å². The van der Waals surface area contributed by atoms with Gasteiger partial charge in [-0.2, -0.15) is 5.10 Å². The third-order valence-electron chi connectivity index (χ3n) is 6.54. The van der Waals surface area contributed by atoms with Crippen molar-refractivity contribution in [1.82, 2.24) is 30.2 Å². The molecule has 13 heteroatoms. The molecule has 0 bridgehead atoms. The Hall–Kier alpha value is -4.68. The first kappa shape index (κ1) is 24.1. The van der Waals surface area contributed by atoms with Gasteiger partial charge in [0.15, 0.2) is 17.3 Å². The zero-order chi connectivity index (χ0) is 31.8. The first-order valence-electron chi connectivity index (χ1n) is 14.7. The van der Waals surface area contributed by atoms with Crippen LogP contribution in [-0.2, 0) is 22.6 Å². The van der Waals surface area contributed by atoms with Gasteiger partial charge in [0.05, 0.1) is 43.0 Å². The van der Waals surface area contributed by atoms with Crippen molar-refractivity contribution < 1.29 is 28.0 Å². The molecule has 1 aromatic carbocycles. The predicted octanol–water partition coefficient (Wildman–Crippen LogP) is 3.55. The maximum atomic E-state index is 12.8. The van der Waals surface area contributed by atoms with Crippen LogP contribution in [0.25, 0.3) is 11.3 Å². The van der Waals surface area contributed by atoms with E-state index in [1.54, 1.807) is 17.0 Å². The molecule has 5 rings (SSSR count). The normalized spacial score (nSPS) is 16.0. The molecule has 2 aromatic heterocycles. The molecular weight excluding hydrogens is 528 g/mol. The summed E-state index contributed by atoms with van der Waals surface area (Å²) < 4.78 is 35.4. The van der Waals surface area contributed by atoms with Gasteiger partial charge in [-0.25, -0.2) is 4.79 Å².